The molecule has 148 valence electrons. The van der Waals surface area contributed by atoms with Gasteiger partial charge in [0.25, 0.3) is 5.91 Å². The number of anilines is 2. The van der Waals surface area contributed by atoms with Crippen LogP contribution in [0.15, 0.2) is 40.9 Å². The number of benzene rings is 2. The van der Waals surface area contributed by atoms with E-state index in [0.29, 0.717) is 53.3 Å². The van der Waals surface area contributed by atoms with Crippen molar-refractivity contribution in [3.63, 3.8) is 0 Å². The first-order chi connectivity index (χ1) is 13.5. The van der Waals surface area contributed by atoms with Crippen LogP contribution in [0, 0.1) is 0 Å². The number of rotatable bonds is 5. The fourth-order valence-corrected chi connectivity index (χ4v) is 3.50. The summed E-state index contributed by atoms with van der Waals surface area (Å²) in [6.45, 7) is 2.62. The first kappa shape index (κ1) is 20.2. The van der Waals surface area contributed by atoms with Gasteiger partial charge < -0.3 is 24.4 Å². The molecule has 0 spiro atoms. The molecule has 0 aromatic heterocycles. The molecule has 0 bridgehead atoms. The Morgan fingerprint density at radius 3 is 2.43 bits per heavy atom. The van der Waals surface area contributed by atoms with Crippen LogP contribution in [-0.4, -0.2) is 52.4 Å². The molecular formula is C20H21BrN2O5. The molecule has 3 rings (SSSR count). The van der Waals surface area contributed by atoms with Gasteiger partial charge in [-0.15, -0.1) is 0 Å². The highest BCUT2D eigenvalue weighted by atomic mass is 79.9. The third kappa shape index (κ3) is 4.45. The lowest BCUT2D eigenvalue weighted by atomic mass is 10.1. The second kappa shape index (κ2) is 9.07. The van der Waals surface area contributed by atoms with E-state index in [4.69, 9.17) is 14.2 Å². The number of hydrogen-bond donors (Lipinski definition) is 1. The van der Waals surface area contributed by atoms with E-state index in [0.717, 1.165) is 5.69 Å². The molecule has 7 nitrogen and oxygen atoms in total. The summed E-state index contributed by atoms with van der Waals surface area (Å²) in [6, 6.07) is 10.2. The number of esters is 1. The number of amides is 1. The third-order valence-electron chi connectivity index (χ3n) is 4.43. The van der Waals surface area contributed by atoms with E-state index < -0.39 is 5.97 Å². The van der Waals surface area contributed by atoms with Gasteiger partial charge in [0.2, 0.25) is 0 Å². The van der Waals surface area contributed by atoms with E-state index in [1.54, 1.807) is 37.4 Å². The van der Waals surface area contributed by atoms with Crippen LogP contribution in [0.2, 0.25) is 0 Å². The summed E-state index contributed by atoms with van der Waals surface area (Å²) in [7, 11) is 2.89. The minimum absolute atomic E-state index is 0.292. The normalized spacial score (nSPS) is 13.8. The summed E-state index contributed by atoms with van der Waals surface area (Å²) in [4.78, 5) is 26.9. The highest BCUT2D eigenvalue weighted by Gasteiger charge is 2.19. The van der Waals surface area contributed by atoms with Gasteiger partial charge in [0.1, 0.15) is 5.75 Å². The molecule has 1 fully saturated rings. The number of morpholine rings is 1. The number of carbonyl (C=O) groups is 2. The molecule has 28 heavy (non-hydrogen) atoms. The Morgan fingerprint density at radius 2 is 1.79 bits per heavy atom. The van der Waals surface area contributed by atoms with Gasteiger partial charge in [0.05, 0.1) is 48.8 Å². The van der Waals surface area contributed by atoms with Crippen LogP contribution in [-0.2, 0) is 9.47 Å². The summed E-state index contributed by atoms with van der Waals surface area (Å²) in [5.74, 6) is -0.116. The van der Waals surface area contributed by atoms with Gasteiger partial charge in [-0.2, -0.15) is 0 Å². The zero-order chi connectivity index (χ0) is 20.1. The predicted molar refractivity (Wildman–Crippen MR) is 109 cm³/mol. The lowest BCUT2D eigenvalue weighted by Crippen LogP contribution is -2.36. The monoisotopic (exact) mass is 448 g/mol. The lowest BCUT2D eigenvalue weighted by molar-refractivity contribution is 0.0600. The van der Waals surface area contributed by atoms with Crippen molar-refractivity contribution in [3.8, 4) is 5.75 Å². The molecule has 1 aliphatic heterocycles. The number of halogens is 1. The first-order valence-corrected chi connectivity index (χ1v) is 9.52. The van der Waals surface area contributed by atoms with E-state index in [2.05, 4.69) is 26.1 Å². The Labute approximate surface area is 171 Å². The molecule has 0 radical (unpaired) electrons. The zero-order valence-electron chi connectivity index (χ0n) is 15.7. The predicted octanol–water partition coefficient (Wildman–Crippen LogP) is 3.33. The maximum atomic E-state index is 12.8. The quantitative estimate of drug-likeness (QED) is 0.706. The summed E-state index contributed by atoms with van der Waals surface area (Å²) < 4.78 is 16.1. The van der Waals surface area contributed by atoms with E-state index in [-0.39, 0.29) is 5.91 Å². The summed E-state index contributed by atoms with van der Waals surface area (Å²) >= 11 is 3.39. The van der Waals surface area contributed by atoms with Gasteiger partial charge in [-0.05, 0) is 52.3 Å². The van der Waals surface area contributed by atoms with Crippen LogP contribution in [0.3, 0.4) is 0 Å². The SMILES string of the molecule is COC(=O)c1ccc(N2CCOCC2)c(NC(=O)c2ccc(OC)c(Br)c2)c1. The van der Waals surface area contributed by atoms with Crippen molar-refractivity contribution in [2.45, 2.75) is 0 Å². The number of ether oxygens (including phenoxy) is 3. The van der Waals surface area contributed by atoms with E-state index in [9.17, 15) is 9.59 Å². The maximum Gasteiger partial charge on any atom is 0.337 e. The molecule has 2 aromatic rings. The molecule has 0 atom stereocenters. The summed E-state index contributed by atoms with van der Waals surface area (Å²) in [5.41, 5.74) is 2.20. The Bertz CT molecular complexity index is 881. The molecule has 1 amide bonds. The second-order valence-corrected chi connectivity index (χ2v) is 6.98. The number of methoxy groups -OCH3 is 2. The zero-order valence-corrected chi connectivity index (χ0v) is 17.2. The standard InChI is InChI=1S/C20H21BrN2O5/c1-26-18-6-4-13(11-15(18)21)19(24)22-16-12-14(20(25)27-2)3-5-17(16)23-7-9-28-10-8-23/h3-6,11-12H,7-10H2,1-2H3,(H,22,24). The van der Waals surface area contributed by atoms with E-state index in [1.165, 1.54) is 7.11 Å². The molecule has 0 saturated carbocycles. The molecule has 0 aliphatic carbocycles. The average Bonchev–Trinajstić information content (AvgIpc) is 2.73. The van der Waals surface area contributed by atoms with Crippen molar-refractivity contribution in [1.82, 2.24) is 0 Å². The van der Waals surface area contributed by atoms with E-state index in [1.807, 2.05) is 6.07 Å². The maximum absolute atomic E-state index is 12.8. The van der Waals surface area contributed by atoms with Crippen LogP contribution in [0.1, 0.15) is 20.7 Å². The molecule has 2 aromatic carbocycles. The molecule has 1 aliphatic rings. The van der Waals surface area contributed by atoms with Gasteiger partial charge in [-0.3, -0.25) is 4.79 Å². The van der Waals surface area contributed by atoms with Crippen molar-refractivity contribution in [3.05, 3.63) is 52.0 Å². The Kier molecular flexibility index (Phi) is 6.53. The molecule has 1 N–H and O–H groups in total. The van der Waals surface area contributed by atoms with Crippen molar-refractivity contribution >= 4 is 39.2 Å². The summed E-state index contributed by atoms with van der Waals surface area (Å²) in [6.07, 6.45) is 0. The smallest absolute Gasteiger partial charge is 0.337 e. The number of hydrogen-bond acceptors (Lipinski definition) is 6. The minimum Gasteiger partial charge on any atom is -0.496 e. The van der Waals surface area contributed by atoms with Crippen molar-refractivity contribution in [2.24, 2.45) is 0 Å². The Hall–Kier alpha value is -2.58. The van der Waals surface area contributed by atoms with Crippen LogP contribution in [0.25, 0.3) is 0 Å². The number of nitrogens with one attached hydrogen (secondary N) is 1. The molecule has 1 heterocycles. The highest BCUT2D eigenvalue weighted by Crippen LogP contribution is 2.30. The van der Waals surface area contributed by atoms with Crippen LogP contribution in [0.5, 0.6) is 5.75 Å². The van der Waals surface area contributed by atoms with Gasteiger partial charge >= 0.3 is 5.97 Å². The van der Waals surface area contributed by atoms with Crippen molar-refractivity contribution < 1.29 is 23.8 Å². The average molecular weight is 449 g/mol. The van der Waals surface area contributed by atoms with Gasteiger partial charge in [0.15, 0.2) is 0 Å². The van der Waals surface area contributed by atoms with Crippen LogP contribution in [0.4, 0.5) is 11.4 Å². The van der Waals surface area contributed by atoms with Gasteiger partial charge in [-0.1, -0.05) is 0 Å². The second-order valence-electron chi connectivity index (χ2n) is 6.13. The summed E-state index contributed by atoms with van der Waals surface area (Å²) in [5, 5.41) is 2.92. The van der Waals surface area contributed by atoms with Gasteiger partial charge in [-0.25, -0.2) is 4.79 Å². The van der Waals surface area contributed by atoms with Crippen LogP contribution >= 0.6 is 15.9 Å². The molecule has 1 saturated heterocycles. The Morgan fingerprint density at radius 1 is 1.07 bits per heavy atom. The molecule has 8 heteroatoms. The fraction of sp³-hybridized carbons (Fsp3) is 0.300. The van der Waals surface area contributed by atoms with Crippen LogP contribution < -0.4 is 15.0 Å². The fourth-order valence-electron chi connectivity index (χ4n) is 2.96. The first-order valence-electron chi connectivity index (χ1n) is 8.73. The third-order valence-corrected chi connectivity index (χ3v) is 5.05. The molecule has 0 unspecified atom stereocenters. The Balaban J connectivity index is 1.92. The van der Waals surface area contributed by atoms with E-state index >= 15 is 0 Å². The number of nitrogens with zero attached hydrogens (tertiary/aromatic N) is 1. The highest BCUT2D eigenvalue weighted by molar-refractivity contribution is 9.10. The minimum atomic E-state index is -0.462. The van der Waals surface area contributed by atoms with Gasteiger partial charge in [0, 0.05) is 18.7 Å². The lowest BCUT2D eigenvalue weighted by Gasteiger charge is -2.30. The van der Waals surface area contributed by atoms with Crippen molar-refractivity contribution in [2.75, 3.05) is 50.7 Å². The molecular weight excluding hydrogens is 428 g/mol. The largest absolute Gasteiger partial charge is 0.496 e. The number of carbonyl (C=O) groups excluding carboxylic acids is 2. The topological polar surface area (TPSA) is 77.1 Å². The van der Waals surface area contributed by atoms with Crippen molar-refractivity contribution in [1.29, 1.82) is 0 Å².